The summed E-state index contributed by atoms with van der Waals surface area (Å²) >= 11 is 0. The fourth-order valence-corrected chi connectivity index (χ4v) is 1.56. The highest BCUT2D eigenvalue weighted by Gasteiger charge is 2.23. The van der Waals surface area contributed by atoms with E-state index in [1.807, 2.05) is 19.1 Å². The molecular formula is C12H16O3. The van der Waals surface area contributed by atoms with Gasteiger partial charge in [-0.25, -0.2) is 0 Å². The summed E-state index contributed by atoms with van der Waals surface area (Å²) in [5.41, 5.74) is 0.683. The van der Waals surface area contributed by atoms with Crippen LogP contribution in [-0.2, 0) is 14.3 Å². The Kier molecular flexibility index (Phi) is 4.28. The molecule has 2 atom stereocenters. The average molecular weight is 208 g/mol. The summed E-state index contributed by atoms with van der Waals surface area (Å²) in [5, 5.41) is 0. The van der Waals surface area contributed by atoms with Crippen LogP contribution in [0.25, 0.3) is 0 Å². The maximum absolute atomic E-state index is 11.4. The Balaban J connectivity index is 2.54. The van der Waals surface area contributed by atoms with Gasteiger partial charge in [-0.15, -0.1) is 0 Å². The summed E-state index contributed by atoms with van der Waals surface area (Å²) in [4.78, 5) is 21.9. The minimum absolute atomic E-state index is 0.146. The second kappa shape index (κ2) is 5.49. The third-order valence-corrected chi connectivity index (χ3v) is 2.60. The van der Waals surface area contributed by atoms with Crippen LogP contribution >= 0.6 is 0 Å². The van der Waals surface area contributed by atoms with Gasteiger partial charge in [0.05, 0.1) is 12.5 Å². The Hall–Kier alpha value is -1.38. The number of esters is 1. The summed E-state index contributed by atoms with van der Waals surface area (Å²) in [6, 6.07) is 0. The Labute approximate surface area is 89.8 Å². The van der Waals surface area contributed by atoms with Crippen molar-refractivity contribution in [1.82, 2.24) is 0 Å². The van der Waals surface area contributed by atoms with E-state index in [0.717, 1.165) is 12.7 Å². The number of aldehydes is 1. The van der Waals surface area contributed by atoms with Crippen LogP contribution in [0.2, 0.25) is 0 Å². The molecular weight excluding hydrogens is 192 g/mol. The topological polar surface area (TPSA) is 43.4 Å². The van der Waals surface area contributed by atoms with Crippen LogP contribution in [0.3, 0.4) is 0 Å². The van der Waals surface area contributed by atoms with Crippen LogP contribution in [0.1, 0.15) is 20.3 Å². The lowest BCUT2D eigenvalue weighted by atomic mass is 9.87. The molecule has 3 nitrogen and oxygen atoms in total. The summed E-state index contributed by atoms with van der Waals surface area (Å²) < 4.78 is 4.95. The Bertz CT molecular complexity index is 302. The van der Waals surface area contributed by atoms with E-state index in [4.69, 9.17) is 4.74 Å². The van der Waals surface area contributed by atoms with Gasteiger partial charge in [0.2, 0.25) is 0 Å². The zero-order valence-electron chi connectivity index (χ0n) is 9.10. The number of ether oxygens (including phenoxy) is 1. The van der Waals surface area contributed by atoms with Crippen molar-refractivity contribution in [1.29, 1.82) is 0 Å². The number of allylic oxidation sites excluding steroid dienone is 4. The first-order valence-electron chi connectivity index (χ1n) is 5.19. The van der Waals surface area contributed by atoms with Crippen LogP contribution in [0.15, 0.2) is 23.8 Å². The van der Waals surface area contributed by atoms with E-state index in [9.17, 15) is 9.59 Å². The molecule has 15 heavy (non-hydrogen) atoms. The van der Waals surface area contributed by atoms with Crippen LogP contribution in [0, 0.1) is 11.8 Å². The van der Waals surface area contributed by atoms with E-state index in [1.54, 1.807) is 13.0 Å². The molecule has 1 rings (SSSR count). The van der Waals surface area contributed by atoms with Crippen LogP contribution in [-0.4, -0.2) is 18.9 Å². The predicted molar refractivity (Wildman–Crippen MR) is 57.2 cm³/mol. The molecule has 1 aliphatic carbocycles. The third-order valence-electron chi connectivity index (χ3n) is 2.60. The Morgan fingerprint density at radius 1 is 1.73 bits per heavy atom. The standard InChI is InChI=1S/C12H16O3/c1-3-15-12(14)9(2)11-6-4-10(8-13)5-7-11/h4-6,8-9,11H,3,7H2,1-2H3. The average Bonchev–Trinajstić information content (AvgIpc) is 2.28. The van der Waals surface area contributed by atoms with E-state index in [2.05, 4.69) is 0 Å². The third kappa shape index (κ3) is 3.05. The van der Waals surface area contributed by atoms with Crippen molar-refractivity contribution in [3.05, 3.63) is 23.8 Å². The largest absolute Gasteiger partial charge is 0.466 e. The monoisotopic (exact) mass is 208 g/mol. The number of carbonyl (C=O) groups excluding carboxylic acids is 2. The lowest BCUT2D eigenvalue weighted by molar-refractivity contribution is -0.148. The smallest absolute Gasteiger partial charge is 0.309 e. The highest BCUT2D eigenvalue weighted by molar-refractivity contribution is 5.78. The SMILES string of the molecule is CCOC(=O)C(C)C1C=CC(C=O)=CC1. The second-order valence-electron chi connectivity index (χ2n) is 3.62. The van der Waals surface area contributed by atoms with E-state index >= 15 is 0 Å². The summed E-state index contributed by atoms with van der Waals surface area (Å²) in [5.74, 6) is -0.173. The molecule has 0 spiro atoms. The molecule has 0 aromatic rings. The molecule has 0 aliphatic heterocycles. The van der Waals surface area contributed by atoms with Crippen molar-refractivity contribution < 1.29 is 14.3 Å². The molecule has 2 unspecified atom stereocenters. The number of hydrogen-bond acceptors (Lipinski definition) is 3. The Morgan fingerprint density at radius 2 is 2.47 bits per heavy atom. The van der Waals surface area contributed by atoms with Gasteiger partial charge in [-0.2, -0.15) is 0 Å². The van der Waals surface area contributed by atoms with Crippen molar-refractivity contribution in [2.75, 3.05) is 6.61 Å². The molecule has 0 aromatic carbocycles. The van der Waals surface area contributed by atoms with Crippen LogP contribution < -0.4 is 0 Å². The molecule has 0 amide bonds. The zero-order chi connectivity index (χ0) is 11.3. The van der Waals surface area contributed by atoms with Gasteiger partial charge in [0.25, 0.3) is 0 Å². The van der Waals surface area contributed by atoms with Gasteiger partial charge in [-0.3, -0.25) is 9.59 Å². The van der Waals surface area contributed by atoms with E-state index in [1.165, 1.54) is 0 Å². The number of carbonyl (C=O) groups is 2. The fourth-order valence-electron chi connectivity index (χ4n) is 1.56. The van der Waals surface area contributed by atoms with Crippen molar-refractivity contribution in [3.63, 3.8) is 0 Å². The molecule has 0 aromatic heterocycles. The molecule has 0 bridgehead atoms. The van der Waals surface area contributed by atoms with Crippen molar-refractivity contribution in [2.24, 2.45) is 11.8 Å². The van der Waals surface area contributed by atoms with E-state index in [-0.39, 0.29) is 17.8 Å². The van der Waals surface area contributed by atoms with Gasteiger partial charge in [-0.05, 0) is 19.3 Å². The highest BCUT2D eigenvalue weighted by atomic mass is 16.5. The van der Waals surface area contributed by atoms with Crippen LogP contribution in [0.4, 0.5) is 0 Å². The van der Waals surface area contributed by atoms with E-state index in [0.29, 0.717) is 12.2 Å². The molecule has 0 N–H and O–H groups in total. The summed E-state index contributed by atoms with van der Waals surface area (Å²) in [7, 11) is 0. The molecule has 0 saturated carbocycles. The predicted octanol–water partition coefficient (Wildman–Crippen LogP) is 1.89. The van der Waals surface area contributed by atoms with Gasteiger partial charge < -0.3 is 4.74 Å². The minimum Gasteiger partial charge on any atom is -0.466 e. The van der Waals surface area contributed by atoms with Crippen molar-refractivity contribution in [2.45, 2.75) is 20.3 Å². The summed E-state index contributed by atoms with van der Waals surface area (Å²) in [6.45, 7) is 4.06. The normalized spacial score (nSPS) is 21.7. The lowest BCUT2D eigenvalue weighted by Gasteiger charge is -2.20. The maximum Gasteiger partial charge on any atom is 0.309 e. The quantitative estimate of drug-likeness (QED) is 0.523. The first-order chi connectivity index (χ1) is 7.19. The highest BCUT2D eigenvalue weighted by Crippen LogP contribution is 2.24. The molecule has 0 radical (unpaired) electrons. The first-order valence-corrected chi connectivity index (χ1v) is 5.19. The van der Waals surface area contributed by atoms with Gasteiger partial charge in [0.1, 0.15) is 6.29 Å². The van der Waals surface area contributed by atoms with Gasteiger partial charge >= 0.3 is 5.97 Å². The van der Waals surface area contributed by atoms with Gasteiger partial charge in [-0.1, -0.05) is 25.2 Å². The fraction of sp³-hybridized carbons (Fsp3) is 0.500. The van der Waals surface area contributed by atoms with Crippen LogP contribution in [0.5, 0.6) is 0 Å². The first kappa shape index (κ1) is 11.7. The summed E-state index contributed by atoms with van der Waals surface area (Å²) in [6.07, 6.45) is 7.07. The molecule has 0 heterocycles. The van der Waals surface area contributed by atoms with Gasteiger partial charge in [0.15, 0.2) is 0 Å². The molecule has 82 valence electrons. The molecule has 0 fully saturated rings. The lowest BCUT2D eigenvalue weighted by Crippen LogP contribution is -2.22. The molecule has 1 aliphatic rings. The van der Waals surface area contributed by atoms with Gasteiger partial charge in [0, 0.05) is 5.57 Å². The molecule has 0 saturated heterocycles. The Morgan fingerprint density at radius 3 is 2.93 bits per heavy atom. The maximum atomic E-state index is 11.4. The van der Waals surface area contributed by atoms with E-state index < -0.39 is 0 Å². The second-order valence-corrected chi connectivity index (χ2v) is 3.62. The number of rotatable bonds is 4. The van der Waals surface area contributed by atoms with Crippen molar-refractivity contribution >= 4 is 12.3 Å². The zero-order valence-corrected chi connectivity index (χ0v) is 9.10. The minimum atomic E-state index is -0.171. The molecule has 3 heteroatoms. The van der Waals surface area contributed by atoms with Crippen molar-refractivity contribution in [3.8, 4) is 0 Å². The number of hydrogen-bond donors (Lipinski definition) is 0.